The number of benzene rings is 2. The van der Waals surface area contributed by atoms with E-state index in [2.05, 4.69) is 33.9 Å². The number of alkyl halides is 3. The maximum absolute atomic E-state index is 13.5. The van der Waals surface area contributed by atoms with Crippen molar-refractivity contribution in [1.29, 1.82) is 0 Å². The summed E-state index contributed by atoms with van der Waals surface area (Å²) >= 11 is 0. The summed E-state index contributed by atoms with van der Waals surface area (Å²) in [6, 6.07) is 20.0. The lowest BCUT2D eigenvalue weighted by Crippen LogP contribution is -2.30. The first-order valence-electron chi connectivity index (χ1n) is 9.13. The fraction of sp³-hybridized carbons (Fsp3) is 0.273. The van der Waals surface area contributed by atoms with E-state index in [-0.39, 0.29) is 12.6 Å². The highest BCUT2D eigenvalue weighted by molar-refractivity contribution is 5.33. The first kappa shape index (κ1) is 17.9. The number of hydrogen-bond donors (Lipinski definition) is 0. The van der Waals surface area contributed by atoms with Gasteiger partial charge in [0.05, 0.1) is 11.6 Å². The van der Waals surface area contributed by atoms with E-state index in [0.717, 1.165) is 30.8 Å². The number of aryl methyl sites for hydroxylation is 1. The summed E-state index contributed by atoms with van der Waals surface area (Å²) in [5, 5.41) is 0. The highest BCUT2D eigenvalue weighted by Gasteiger charge is 2.34. The van der Waals surface area contributed by atoms with E-state index in [1.54, 1.807) is 12.1 Å². The number of aromatic nitrogens is 1. The molecule has 1 aliphatic heterocycles. The van der Waals surface area contributed by atoms with Gasteiger partial charge in [-0.05, 0) is 35.7 Å². The molecule has 4 rings (SSSR count). The predicted octanol–water partition coefficient (Wildman–Crippen LogP) is 5.50. The van der Waals surface area contributed by atoms with Crippen LogP contribution in [-0.2, 0) is 19.3 Å². The molecule has 0 spiro atoms. The van der Waals surface area contributed by atoms with Crippen molar-refractivity contribution in [3.63, 3.8) is 0 Å². The Bertz CT molecular complexity index is 899. The van der Waals surface area contributed by atoms with Crippen LogP contribution in [0.5, 0.6) is 0 Å². The average molecular weight is 370 g/mol. The summed E-state index contributed by atoms with van der Waals surface area (Å²) in [5.74, 6) is 0. The third-order valence-electron chi connectivity index (χ3n) is 5.17. The Morgan fingerprint density at radius 1 is 0.852 bits per heavy atom. The van der Waals surface area contributed by atoms with Gasteiger partial charge in [0.25, 0.3) is 0 Å². The molecule has 1 aliphatic rings. The number of nitrogens with zero attached hydrogens (tertiary/aromatic N) is 2. The first-order chi connectivity index (χ1) is 13.0. The molecule has 0 amide bonds. The molecule has 0 fully saturated rings. The lowest BCUT2D eigenvalue weighted by Gasteiger charge is -2.31. The summed E-state index contributed by atoms with van der Waals surface area (Å²) in [6.45, 7) is 1.89. The topological polar surface area (TPSA) is 8.17 Å². The highest BCUT2D eigenvalue weighted by Crippen LogP contribution is 2.36. The van der Waals surface area contributed by atoms with Crippen LogP contribution in [0.2, 0.25) is 0 Å². The minimum absolute atomic E-state index is 0.0648. The Morgan fingerprint density at radius 2 is 1.59 bits per heavy atom. The van der Waals surface area contributed by atoms with Gasteiger partial charge >= 0.3 is 6.18 Å². The zero-order valence-electron chi connectivity index (χ0n) is 14.9. The molecule has 0 aliphatic carbocycles. The molecule has 1 atom stereocenters. The summed E-state index contributed by atoms with van der Waals surface area (Å²) in [6.07, 6.45) is -1.39. The van der Waals surface area contributed by atoms with E-state index in [4.69, 9.17) is 0 Å². The van der Waals surface area contributed by atoms with Crippen molar-refractivity contribution < 1.29 is 13.2 Å². The second-order valence-corrected chi connectivity index (χ2v) is 6.92. The molecule has 0 saturated carbocycles. The lowest BCUT2D eigenvalue weighted by atomic mass is 10.00. The molecule has 0 saturated heterocycles. The average Bonchev–Trinajstić information content (AvgIpc) is 3.03. The van der Waals surface area contributed by atoms with Crippen LogP contribution >= 0.6 is 0 Å². The molecule has 0 unspecified atom stereocenters. The van der Waals surface area contributed by atoms with Crippen molar-refractivity contribution >= 4 is 0 Å². The van der Waals surface area contributed by atoms with Gasteiger partial charge in [0, 0.05) is 31.5 Å². The van der Waals surface area contributed by atoms with Crippen LogP contribution in [0.4, 0.5) is 13.2 Å². The van der Waals surface area contributed by atoms with Crippen molar-refractivity contribution in [3.05, 3.63) is 95.3 Å². The van der Waals surface area contributed by atoms with Gasteiger partial charge in [-0.1, -0.05) is 48.5 Å². The molecule has 0 radical (unpaired) electrons. The van der Waals surface area contributed by atoms with Crippen molar-refractivity contribution in [1.82, 2.24) is 9.47 Å². The van der Waals surface area contributed by atoms with E-state index in [1.807, 2.05) is 24.3 Å². The van der Waals surface area contributed by atoms with Gasteiger partial charge < -0.3 is 4.57 Å². The summed E-state index contributed by atoms with van der Waals surface area (Å²) in [5.41, 5.74) is 2.01. The Kier molecular flexibility index (Phi) is 4.79. The van der Waals surface area contributed by atoms with Crippen LogP contribution in [0.1, 0.15) is 34.8 Å². The molecule has 0 bridgehead atoms. The van der Waals surface area contributed by atoms with Crippen LogP contribution in [0, 0.1) is 0 Å². The van der Waals surface area contributed by atoms with Crippen molar-refractivity contribution in [2.24, 2.45) is 0 Å². The van der Waals surface area contributed by atoms with E-state index < -0.39 is 11.7 Å². The van der Waals surface area contributed by atoms with E-state index >= 15 is 0 Å². The predicted molar refractivity (Wildman–Crippen MR) is 99.2 cm³/mol. The van der Waals surface area contributed by atoms with E-state index in [0.29, 0.717) is 5.56 Å². The van der Waals surface area contributed by atoms with E-state index in [1.165, 1.54) is 12.1 Å². The van der Waals surface area contributed by atoms with Crippen LogP contribution in [0.15, 0.2) is 72.9 Å². The maximum Gasteiger partial charge on any atom is 0.416 e. The quantitative estimate of drug-likeness (QED) is 0.591. The van der Waals surface area contributed by atoms with Crippen LogP contribution in [0.3, 0.4) is 0 Å². The van der Waals surface area contributed by atoms with Crippen LogP contribution in [-0.4, -0.2) is 16.0 Å². The smallest absolute Gasteiger partial charge is 0.350 e. The van der Waals surface area contributed by atoms with Crippen molar-refractivity contribution in [2.75, 3.05) is 6.54 Å². The van der Waals surface area contributed by atoms with Gasteiger partial charge in [-0.2, -0.15) is 13.2 Å². The standard InChI is InChI=1S/C22H21F3N2/c23-22(24,25)19-11-5-4-10-18(19)16-27-15-7-14-26-13-6-12-20(26)21(27)17-8-2-1-3-9-17/h1-6,8-13,21H,7,14-16H2/t21-/m0/s1. The Hall–Kier alpha value is -2.53. The normalized spacial score (nSPS) is 18.1. The monoisotopic (exact) mass is 370 g/mol. The molecule has 27 heavy (non-hydrogen) atoms. The minimum atomic E-state index is -4.34. The molecule has 1 aromatic heterocycles. The maximum atomic E-state index is 13.5. The van der Waals surface area contributed by atoms with Gasteiger partial charge in [-0.15, -0.1) is 0 Å². The molecule has 5 heteroatoms. The van der Waals surface area contributed by atoms with E-state index in [9.17, 15) is 13.2 Å². The van der Waals surface area contributed by atoms with Gasteiger partial charge in [-0.3, -0.25) is 4.90 Å². The van der Waals surface area contributed by atoms with Gasteiger partial charge in [0.15, 0.2) is 0 Å². The largest absolute Gasteiger partial charge is 0.416 e. The summed E-state index contributed by atoms with van der Waals surface area (Å²) < 4.78 is 42.6. The lowest BCUT2D eigenvalue weighted by molar-refractivity contribution is -0.138. The minimum Gasteiger partial charge on any atom is -0.350 e. The summed E-state index contributed by atoms with van der Waals surface area (Å²) in [7, 11) is 0. The second kappa shape index (κ2) is 7.24. The number of fused-ring (bicyclic) bond motifs is 1. The Labute approximate surface area is 156 Å². The number of hydrogen-bond acceptors (Lipinski definition) is 1. The molecular formula is C22H21F3N2. The third kappa shape index (κ3) is 3.65. The van der Waals surface area contributed by atoms with Crippen LogP contribution in [0.25, 0.3) is 0 Å². The number of halogens is 3. The summed E-state index contributed by atoms with van der Waals surface area (Å²) in [4.78, 5) is 2.17. The molecule has 0 N–H and O–H groups in total. The molecule has 3 aromatic rings. The van der Waals surface area contributed by atoms with Crippen molar-refractivity contribution in [2.45, 2.75) is 31.7 Å². The molecular weight excluding hydrogens is 349 g/mol. The van der Waals surface area contributed by atoms with Gasteiger partial charge in [0.2, 0.25) is 0 Å². The van der Waals surface area contributed by atoms with Gasteiger partial charge in [0.1, 0.15) is 0 Å². The second-order valence-electron chi connectivity index (χ2n) is 6.92. The highest BCUT2D eigenvalue weighted by atomic mass is 19.4. The molecule has 140 valence electrons. The molecule has 2 aromatic carbocycles. The molecule has 2 heterocycles. The Morgan fingerprint density at radius 3 is 2.37 bits per heavy atom. The zero-order valence-corrected chi connectivity index (χ0v) is 14.9. The SMILES string of the molecule is FC(F)(F)c1ccccc1CN1CCCn2cccc2[C@@H]1c1ccccc1. The molecule has 2 nitrogen and oxygen atoms in total. The van der Waals surface area contributed by atoms with Gasteiger partial charge in [-0.25, -0.2) is 0 Å². The van der Waals surface area contributed by atoms with Crippen LogP contribution < -0.4 is 0 Å². The third-order valence-corrected chi connectivity index (χ3v) is 5.17. The Balaban J connectivity index is 1.75. The zero-order chi connectivity index (χ0) is 18.9. The van der Waals surface area contributed by atoms with Crippen molar-refractivity contribution in [3.8, 4) is 0 Å². The fourth-order valence-electron chi connectivity index (χ4n) is 3.98. The fourth-order valence-corrected chi connectivity index (χ4v) is 3.98. The first-order valence-corrected chi connectivity index (χ1v) is 9.13. The number of rotatable bonds is 3.